The number of hydrogen-bond donors (Lipinski definition) is 2. The SMILES string of the molecule is C[C@H](NC(=O)c1cccc(CCCCCC(=O)N(C)C)c1)C(=O)O.S. The van der Waals surface area contributed by atoms with Gasteiger partial charge in [-0.1, -0.05) is 18.6 Å². The zero-order chi connectivity index (χ0) is 18.1. The second-order valence-corrected chi connectivity index (χ2v) is 6.08. The Bertz CT molecular complexity index is 590. The molecule has 140 valence electrons. The summed E-state index contributed by atoms with van der Waals surface area (Å²) in [5.74, 6) is -1.31. The number of aryl methyl sites for hydroxylation is 1. The van der Waals surface area contributed by atoms with Crippen molar-refractivity contribution >= 4 is 31.3 Å². The number of aliphatic carboxylic acids is 1. The Kier molecular flexibility index (Phi) is 10.6. The minimum absolute atomic E-state index is 0. The van der Waals surface area contributed by atoms with Crippen LogP contribution >= 0.6 is 13.5 Å². The summed E-state index contributed by atoms with van der Waals surface area (Å²) >= 11 is 0. The molecule has 0 aliphatic rings. The quantitative estimate of drug-likeness (QED) is 0.654. The van der Waals surface area contributed by atoms with E-state index in [-0.39, 0.29) is 25.3 Å². The predicted octanol–water partition coefficient (Wildman–Crippen LogP) is 2.19. The van der Waals surface area contributed by atoms with Crippen molar-refractivity contribution in [3.8, 4) is 0 Å². The van der Waals surface area contributed by atoms with Crippen molar-refractivity contribution in [2.75, 3.05) is 14.1 Å². The molecule has 0 saturated heterocycles. The first-order valence-electron chi connectivity index (χ1n) is 8.14. The molecule has 0 spiro atoms. The van der Waals surface area contributed by atoms with Crippen molar-refractivity contribution in [2.45, 2.75) is 45.1 Å². The highest BCUT2D eigenvalue weighted by atomic mass is 32.1. The van der Waals surface area contributed by atoms with Gasteiger partial charge in [0, 0.05) is 26.1 Å². The van der Waals surface area contributed by atoms with Crippen LogP contribution in [0.3, 0.4) is 0 Å². The molecule has 2 N–H and O–H groups in total. The van der Waals surface area contributed by atoms with Crippen molar-refractivity contribution in [2.24, 2.45) is 0 Å². The molecule has 2 amide bonds. The van der Waals surface area contributed by atoms with E-state index in [9.17, 15) is 14.4 Å². The molecular weight excluding hydrogens is 340 g/mol. The van der Waals surface area contributed by atoms with Crippen LogP contribution in [0.2, 0.25) is 0 Å². The highest BCUT2D eigenvalue weighted by Gasteiger charge is 2.15. The molecule has 0 aromatic heterocycles. The summed E-state index contributed by atoms with van der Waals surface area (Å²) in [7, 11) is 3.51. The molecule has 1 rings (SSSR count). The molecule has 25 heavy (non-hydrogen) atoms. The van der Waals surface area contributed by atoms with Crippen molar-refractivity contribution in [3.63, 3.8) is 0 Å². The molecule has 1 atom stereocenters. The second-order valence-electron chi connectivity index (χ2n) is 6.08. The van der Waals surface area contributed by atoms with E-state index in [4.69, 9.17) is 5.11 Å². The topological polar surface area (TPSA) is 86.7 Å². The lowest BCUT2D eigenvalue weighted by atomic mass is 10.0. The number of carbonyl (C=O) groups is 3. The molecule has 1 aromatic carbocycles. The molecule has 0 fully saturated rings. The first kappa shape index (κ1) is 23.0. The van der Waals surface area contributed by atoms with Crippen LogP contribution < -0.4 is 5.32 Å². The van der Waals surface area contributed by atoms with E-state index < -0.39 is 12.0 Å². The lowest BCUT2D eigenvalue weighted by molar-refractivity contribution is -0.138. The zero-order valence-corrected chi connectivity index (χ0v) is 16.0. The third-order valence-corrected chi connectivity index (χ3v) is 3.76. The van der Waals surface area contributed by atoms with Crippen LogP contribution in [0.25, 0.3) is 0 Å². The van der Waals surface area contributed by atoms with Crippen molar-refractivity contribution < 1.29 is 19.5 Å². The first-order valence-corrected chi connectivity index (χ1v) is 8.14. The van der Waals surface area contributed by atoms with E-state index in [1.165, 1.54) is 6.92 Å². The van der Waals surface area contributed by atoms with Gasteiger partial charge in [-0.2, -0.15) is 13.5 Å². The van der Waals surface area contributed by atoms with Gasteiger partial charge in [0.2, 0.25) is 5.91 Å². The predicted molar refractivity (Wildman–Crippen MR) is 102 cm³/mol. The monoisotopic (exact) mass is 368 g/mol. The second kappa shape index (κ2) is 11.5. The van der Waals surface area contributed by atoms with Gasteiger partial charge in [0.1, 0.15) is 6.04 Å². The number of rotatable bonds is 9. The van der Waals surface area contributed by atoms with Crippen molar-refractivity contribution in [3.05, 3.63) is 35.4 Å². The van der Waals surface area contributed by atoms with E-state index >= 15 is 0 Å². The van der Waals surface area contributed by atoms with Gasteiger partial charge >= 0.3 is 5.97 Å². The number of unbranched alkanes of at least 4 members (excludes halogenated alkanes) is 2. The largest absolute Gasteiger partial charge is 0.480 e. The molecule has 0 aliphatic carbocycles. The maximum Gasteiger partial charge on any atom is 0.325 e. The molecule has 0 unspecified atom stereocenters. The van der Waals surface area contributed by atoms with Gasteiger partial charge in [0.25, 0.3) is 5.91 Å². The van der Waals surface area contributed by atoms with Gasteiger partial charge in [-0.15, -0.1) is 0 Å². The average Bonchev–Trinajstić information content (AvgIpc) is 2.54. The minimum Gasteiger partial charge on any atom is -0.480 e. The van der Waals surface area contributed by atoms with Crippen LogP contribution in [0, 0.1) is 0 Å². The van der Waals surface area contributed by atoms with E-state index in [1.54, 1.807) is 37.2 Å². The normalized spacial score (nSPS) is 11.2. The maximum absolute atomic E-state index is 12.0. The smallest absolute Gasteiger partial charge is 0.325 e. The van der Waals surface area contributed by atoms with Crippen LogP contribution in [0.5, 0.6) is 0 Å². The van der Waals surface area contributed by atoms with Crippen LogP contribution in [-0.4, -0.2) is 47.9 Å². The van der Waals surface area contributed by atoms with Gasteiger partial charge in [-0.05, 0) is 43.9 Å². The third kappa shape index (κ3) is 8.58. The van der Waals surface area contributed by atoms with Gasteiger partial charge in [0.05, 0.1) is 0 Å². The Morgan fingerprint density at radius 1 is 1.16 bits per heavy atom. The van der Waals surface area contributed by atoms with Gasteiger partial charge < -0.3 is 15.3 Å². The summed E-state index contributed by atoms with van der Waals surface area (Å²) in [6.45, 7) is 1.43. The average molecular weight is 368 g/mol. The van der Waals surface area contributed by atoms with Crippen molar-refractivity contribution in [1.82, 2.24) is 10.2 Å². The number of nitrogens with zero attached hydrogens (tertiary/aromatic N) is 1. The Labute approximate surface area is 156 Å². The molecule has 7 heteroatoms. The van der Waals surface area contributed by atoms with Gasteiger partial charge in [0.15, 0.2) is 0 Å². The standard InChI is InChI=1S/C18H26N2O4.H2S/c1-13(18(23)24)19-17(22)15-10-7-9-14(12-15)8-5-4-6-11-16(21)20(2)3;/h7,9-10,12-13H,4-6,8,11H2,1-3H3,(H,19,22)(H,23,24);1H2/t13-;/m0./s1. The molecule has 0 radical (unpaired) electrons. The maximum atomic E-state index is 12.0. The van der Waals surface area contributed by atoms with Crippen LogP contribution in [0.1, 0.15) is 48.5 Å². The van der Waals surface area contributed by atoms with Crippen LogP contribution in [0.4, 0.5) is 0 Å². The Morgan fingerprint density at radius 2 is 1.84 bits per heavy atom. The Morgan fingerprint density at radius 3 is 2.44 bits per heavy atom. The van der Waals surface area contributed by atoms with Gasteiger partial charge in [-0.25, -0.2) is 0 Å². The summed E-state index contributed by atoms with van der Waals surface area (Å²) in [5, 5.41) is 11.3. The molecule has 1 aromatic rings. The molecule has 0 saturated carbocycles. The summed E-state index contributed by atoms with van der Waals surface area (Å²) < 4.78 is 0. The highest BCUT2D eigenvalue weighted by Crippen LogP contribution is 2.11. The lowest BCUT2D eigenvalue weighted by Crippen LogP contribution is -2.38. The number of benzene rings is 1. The van der Waals surface area contributed by atoms with Gasteiger partial charge in [-0.3, -0.25) is 14.4 Å². The van der Waals surface area contributed by atoms with E-state index in [2.05, 4.69) is 5.32 Å². The van der Waals surface area contributed by atoms with Crippen molar-refractivity contribution in [1.29, 1.82) is 0 Å². The lowest BCUT2D eigenvalue weighted by Gasteiger charge is -2.11. The van der Waals surface area contributed by atoms with E-state index in [0.29, 0.717) is 12.0 Å². The number of nitrogens with one attached hydrogen (secondary N) is 1. The fourth-order valence-electron chi connectivity index (χ4n) is 2.22. The third-order valence-electron chi connectivity index (χ3n) is 3.76. The number of hydrogen-bond acceptors (Lipinski definition) is 3. The summed E-state index contributed by atoms with van der Waals surface area (Å²) in [5.41, 5.74) is 1.49. The Balaban J connectivity index is 0.00000576. The number of carboxylic acid groups (broad SMARTS) is 1. The highest BCUT2D eigenvalue weighted by molar-refractivity contribution is 7.59. The Hall–Kier alpha value is -2.02. The summed E-state index contributed by atoms with van der Waals surface area (Å²) in [4.78, 5) is 35.9. The molecule has 0 bridgehead atoms. The number of amides is 2. The summed E-state index contributed by atoms with van der Waals surface area (Å²) in [6, 6.07) is 6.28. The fraction of sp³-hybridized carbons (Fsp3) is 0.500. The molecular formula is C18H28N2O4S. The molecule has 0 aliphatic heterocycles. The number of carbonyl (C=O) groups excluding carboxylic acids is 2. The fourth-order valence-corrected chi connectivity index (χ4v) is 2.22. The van der Waals surface area contributed by atoms with Crippen LogP contribution in [0.15, 0.2) is 24.3 Å². The minimum atomic E-state index is -1.06. The number of carboxylic acids is 1. The van der Waals surface area contributed by atoms with Crippen LogP contribution in [-0.2, 0) is 16.0 Å². The first-order chi connectivity index (χ1) is 11.3. The summed E-state index contributed by atoms with van der Waals surface area (Å²) in [6.07, 6.45) is 4.13. The molecule has 6 nitrogen and oxygen atoms in total. The zero-order valence-electron chi connectivity index (χ0n) is 15.0. The van der Waals surface area contributed by atoms with E-state index in [0.717, 1.165) is 31.2 Å². The molecule has 0 heterocycles. The van der Waals surface area contributed by atoms with E-state index in [1.807, 2.05) is 6.07 Å².